The van der Waals surface area contributed by atoms with E-state index >= 15 is 0 Å². The van der Waals surface area contributed by atoms with Crippen LogP contribution in [0.15, 0.2) is 36.4 Å². The van der Waals surface area contributed by atoms with E-state index in [1.807, 2.05) is 4.90 Å². The number of carbonyl (C=O) groups excluding carboxylic acids is 2. The molecule has 184 valence electrons. The van der Waals surface area contributed by atoms with Gasteiger partial charge in [-0.1, -0.05) is 11.6 Å². The van der Waals surface area contributed by atoms with Crippen molar-refractivity contribution in [3.63, 3.8) is 0 Å². The Morgan fingerprint density at radius 2 is 1.71 bits per heavy atom. The number of benzene rings is 1. The molecule has 1 fully saturated rings. The minimum atomic E-state index is -5.08. The molecule has 0 saturated carbocycles. The second-order valence-electron chi connectivity index (χ2n) is 6.95. The molecule has 0 unspecified atom stereocenters. The van der Waals surface area contributed by atoms with Crippen LogP contribution in [0.3, 0.4) is 0 Å². The average Bonchev–Trinajstić information content (AvgIpc) is 3.45. The van der Waals surface area contributed by atoms with Crippen LogP contribution >= 0.6 is 22.9 Å². The molecule has 0 aliphatic carbocycles. The fraction of sp³-hybridized carbons (Fsp3) is 0.333. The molecule has 0 bridgehead atoms. The fourth-order valence-electron chi connectivity index (χ4n) is 2.79. The van der Waals surface area contributed by atoms with Gasteiger partial charge in [0.1, 0.15) is 11.6 Å². The van der Waals surface area contributed by atoms with Gasteiger partial charge in [0.25, 0.3) is 5.91 Å². The summed E-state index contributed by atoms with van der Waals surface area (Å²) in [6.07, 6.45) is -2.78. The molecular formula is C21H21ClF3N3O5S. The Kier molecular flexibility index (Phi) is 9.87. The Balaban J connectivity index is 0.000000509. The largest absolute Gasteiger partial charge is 0.490 e. The molecule has 0 spiro atoms. The number of carboxylic acids is 1. The summed E-state index contributed by atoms with van der Waals surface area (Å²) in [7, 11) is 0. The maximum Gasteiger partial charge on any atom is 0.490 e. The van der Waals surface area contributed by atoms with Crippen LogP contribution in [-0.2, 0) is 9.59 Å². The lowest BCUT2D eigenvalue weighted by Gasteiger charge is -2.18. The van der Waals surface area contributed by atoms with Crippen molar-refractivity contribution < 1.29 is 37.4 Å². The molecule has 8 nitrogen and oxygen atoms in total. The number of halogens is 4. The summed E-state index contributed by atoms with van der Waals surface area (Å²) in [5.41, 5.74) is 0.804. The highest BCUT2D eigenvalue weighted by atomic mass is 35.5. The van der Waals surface area contributed by atoms with Crippen molar-refractivity contribution in [2.24, 2.45) is 0 Å². The number of aliphatic carboxylic acids is 1. The number of hydrogen-bond donors (Lipinski definition) is 3. The van der Waals surface area contributed by atoms with E-state index in [4.69, 9.17) is 31.6 Å². The first-order valence-corrected chi connectivity index (χ1v) is 11.1. The Labute approximate surface area is 201 Å². The van der Waals surface area contributed by atoms with Crippen molar-refractivity contribution in [1.29, 1.82) is 5.41 Å². The normalized spacial score (nSPS) is 13.0. The number of ether oxygens (including phenoxy) is 1. The van der Waals surface area contributed by atoms with Crippen molar-refractivity contribution in [3.05, 3.63) is 51.2 Å². The Morgan fingerprint density at radius 1 is 1.12 bits per heavy atom. The van der Waals surface area contributed by atoms with Gasteiger partial charge in [-0.2, -0.15) is 13.2 Å². The summed E-state index contributed by atoms with van der Waals surface area (Å²) < 4.78 is 37.6. The number of hydrogen-bond acceptors (Lipinski definition) is 6. The van der Waals surface area contributed by atoms with E-state index in [1.165, 1.54) is 11.3 Å². The molecule has 2 aromatic rings. The second-order valence-corrected chi connectivity index (χ2v) is 8.67. The molecule has 2 heterocycles. The van der Waals surface area contributed by atoms with Gasteiger partial charge in [0.2, 0.25) is 0 Å². The molecular weight excluding hydrogens is 499 g/mol. The number of alkyl halides is 3. The zero-order valence-electron chi connectivity index (χ0n) is 17.7. The number of rotatable bonds is 6. The van der Waals surface area contributed by atoms with E-state index in [0.717, 1.165) is 31.5 Å². The number of thiophene rings is 1. The number of amidine groups is 1. The summed E-state index contributed by atoms with van der Waals surface area (Å²) in [5, 5.41) is 18.0. The van der Waals surface area contributed by atoms with Gasteiger partial charge in [-0.15, -0.1) is 11.3 Å². The number of nitrogens with zero attached hydrogens (tertiary/aromatic N) is 1. The first-order chi connectivity index (χ1) is 16.0. The van der Waals surface area contributed by atoms with Gasteiger partial charge < -0.3 is 20.1 Å². The van der Waals surface area contributed by atoms with Gasteiger partial charge >= 0.3 is 18.1 Å². The van der Waals surface area contributed by atoms with Gasteiger partial charge in [0, 0.05) is 25.2 Å². The average molecular weight is 520 g/mol. The summed E-state index contributed by atoms with van der Waals surface area (Å²) in [6, 6.07) is 10.2. The van der Waals surface area contributed by atoms with E-state index < -0.39 is 18.1 Å². The number of carbonyl (C=O) groups is 3. The Morgan fingerprint density at radius 3 is 2.21 bits per heavy atom. The first-order valence-electron chi connectivity index (χ1n) is 9.95. The molecule has 0 atom stereocenters. The molecule has 0 radical (unpaired) electrons. The third kappa shape index (κ3) is 8.67. The van der Waals surface area contributed by atoms with Crippen LogP contribution in [0.25, 0.3) is 0 Å². The second kappa shape index (κ2) is 12.4. The highest BCUT2D eigenvalue weighted by molar-refractivity contribution is 7.18. The maximum absolute atomic E-state index is 11.9. The highest BCUT2D eigenvalue weighted by Crippen LogP contribution is 2.21. The quantitative estimate of drug-likeness (QED) is 0.228. The van der Waals surface area contributed by atoms with Crippen molar-refractivity contribution in [2.75, 3.05) is 19.6 Å². The van der Waals surface area contributed by atoms with E-state index in [-0.39, 0.29) is 18.9 Å². The van der Waals surface area contributed by atoms with E-state index in [2.05, 4.69) is 5.32 Å². The number of likely N-dealkylation sites (tertiary alicyclic amines) is 1. The van der Waals surface area contributed by atoms with Crippen molar-refractivity contribution in [2.45, 2.75) is 25.4 Å². The lowest BCUT2D eigenvalue weighted by molar-refractivity contribution is -0.192. The molecule has 1 amide bonds. The summed E-state index contributed by atoms with van der Waals surface area (Å²) in [5.74, 6) is -2.52. The zero-order chi connectivity index (χ0) is 25.3. The van der Waals surface area contributed by atoms with E-state index in [9.17, 15) is 22.8 Å². The van der Waals surface area contributed by atoms with Gasteiger partial charge in [-0.25, -0.2) is 4.79 Å². The predicted molar refractivity (Wildman–Crippen MR) is 120 cm³/mol. The molecule has 1 aromatic heterocycles. The standard InChI is InChI=1S/C19H20ClN3O3S.C2HF3O2/c20-16-8-7-15(27-16)19(25)22-10-9-17(24)26-14-5-3-13(4-6-14)18(21)23-11-1-2-12-23;3-2(4,5)1(6)7/h3-8,21H,1-2,9-12H2,(H,22,25);(H,6,7). The van der Waals surface area contributed by atoms with Gasteiger partial charge in [0.05, 0.1) is 15.6 Å². The van der Waals surface area contributed by atoms with E-state index in [1.54, 1.807) is 36.4 Å². The van der Waals surface area contributed by atoms with Gasteiger partial charge in [-0.3, -0.25) is 15.0 Å². The lowest BCUT2D eigenvalue weighted by Crippen LogP contribution is -2.27. The van der Waals surface area contributed by atoms with Gasteiger partial charge in [0.15, 0.2) is 0 Å². The molecule has 3 rings (SSSR count). The van der Waals surface area contributed by atoms with Crippen molar-refractivity contribution in [1.82, 2.24) is 10.2 Å². The minimum absolute atomic E-state index is 0.0657. The number of esters is 1. The monoisotopic (exact) mass is 519 g/mol. The molecule has 1 aromatic carbocycles. The number of nitrogens with one attached hydrogen (secondary N) is 2. The summed E-state index contributed by atoms with van der Waals surface area (Å²) in [4.78, 5) is 35.2. The van der Waals surface area contributed by atoms with Crippen LogP contribution in [0, 0.1) is 5.41 Å². The van der Waals surface area contributed by atoms with Crippen molar-refractivity contribution >= 4 is 46.6 Å². The molecule has 1 aliphatic rings. The van der Waals surface area contributed by atoms with Crippen LogP contribution in [0.5, 0.6) is 5.75 Å². The van der Waals surface area contributed by atoms with Gasteiger partial charge in [-0.05, 0) is 49.2 Å². The maximum atomic E-state index is 11.9. The number of carboxylic acid groups (broad SMARTS) is 1. The molecule has 13 heteroatoms. The smallest absolute Gasteiger partial charge is 0.475 e. The molecule has 34 heavy (non-hydrogen) atoms. The highest BCUT2D eigenvalue weighted by Gasteiger charge is 2.38. The van der Waals surface area contributed by atoms with Crippen LogP contribution in [0.2, 0.25) is 4.34 Å². The molecule has 1 aliphatic heterocycles. The third-order valence-corrected chi connectivity index (χ3v) is 5.67. The first kappa shape index (κ1) is 27.1. The molecule has 3 N–H and O–H groups in total. The summed E-state index contributed by atoms with van der Waals surface area (Å²) >= 11 is 6.98. The third-order valence-electron chi connectivity index (χ3n) is 4.44. The Hall–Kier alpha value is -3.12. The lowest BCUT2D eigenvalue weighted by atomic mass is 10.2. The van der Waals surface area contributed by atoms with Crippen LogP contribution in [-0.4, -0.2) is 59.5 Å². The SMILES string of the molecule is N=C(c1ccc(OC(=O)CCNC(=O)c2ccc(Cl)s2)cc1)N1CCCC1.O=C(O)C(F)(F)F. The van der Waals surface area contributed by atoms with Crippen LogP contribution in [0.4, 0.5) is 13.2 Å². The predicted octanol–water partition coefficient (Wildman–Crippen LogP) is 4.18. The van der Waals surface area contributed by atoms with Crippen LogP contribution < -0.4 is 10.1 Å². The van der Waals surface area contributed by atoms with Crippen molar-refractivity contribution in [3.8, 4) is 5.75 Å². The molecule has 1 saturated heterocycles. The topological polar surface area (TPSA) is 120 Å². The minimum Gasteiger partial charge on any atom is -0.475 e. The summed E-state index contributed by atoms with van der Waals surface area (Å²) in [6.45, 7) is 2.02. The Bertz CT molecular complexity index is 1020. The van der Waals surface area contributed by atoms with E-state index in [0.29, 0.717) is 20.8 Å². The van der Waals surface area contributed by atoms with Crippen LogP contribution in [0.1, 0.15) is 34.5 Å². The fourth-order valence-corrected chi connectivity index (χ4v) is 3.75. The number of amides is 1. The zero-order valence-corrected chi connectivity index (χ0v) is 19.2.